The zero-order valence-electron chi connectivity index (χ0n) is 12.1. The van der Waals surface area contributed by atoms with Crippen molar-refractivity contribution in [1.82, 2.24) is 10.2 Å². The van der Waals surface area contributed by atoms with Crippen LogP contribution in [-0.4, -0.2) is 30.4 Å². The first kappa shape index (κ1) is 13.6. The summed E-state index contributed by atoms with van der Waals surface area (Å²) < 4.78 is 0. The zero-order chi connectivity index (χ0) is 13.8. The van der Waals surface area contributed by atoms with Crippen molar-refractivity contribution < 1.29 is 4.79 Å². The molecule has 3 nitrogen and oxygen atoms in total. The summed E-state index contributed by atoms with van der Waals surface area (Å²) in [5.74, 6) is 0.287. The number of hydrogen-bond donors (Lipinski definition) is 0. The average molecular weight is 271 g/mol. The summed E-state index contributed by atoms with van der Waals surface area (Å²) in [6.45, 7) is 2.85. The van der Waals surface area contributed by atoms with Gasteiger partial charge in [-0.15, -0.1) is 0 Å². The van der Waals surface area contributed by atoms with Crippen molar-refractivity contribution in [2.45, 2.75) is 44.6 Å². The van der Waals surface area contributed by atoms with Crippen LogP contribution in [0, 0.1) is 0 Å². The maximum atomic E-state index is 12.4. The second kappa shape index (κ2) is 6.40. The fourth-order valence-electron chi connectivity index (χ4n) is 3.32. The highest BCUT2D eigenvalue weighted by atomic mass is 16.2. The summed E-state index contributed by atoms with van der Waals surface area (Å²) >= 11 is 0. The fraction of sp³-hybridized carbons (Fsp3) is 0.588. The van der Waals surface area contributed by atoms with Crippen LogP contribution >= 0.6 is 0 Å². The quantitative estimate of drug-likeness (QED) is 0.832. The van der Waals surface area contributed by atoms with E-state index in [4.69, 9.17) is 0 Å². The van der Waals surface area contributed by atoms with Gasteiger partial charge in [-0.1, -0.05) is 24.3 Å². The van der Waals surface area contributed by atoms with E-state index >= 15 is 0 Å². The predicted molar refractivity (Wildman–Crippen MR) is 79.6 cm³/mol. The number of nitrogens with zero attached hydrogens (tertiary/aromatic N) is 2. The second-order valence-electron chi connectivity index (χ2n) is 5.88. The Kier molecular flexibility index (Phi) is 4.36. The number of carbonyl (C=O) groups excluding carboxylic acids is 1. The normalized spacial score (nSPS) is 23.0. The molecular weight excluding hydrogens is 248 g/mol. The first-order valence-electron chi connectivity index (χ1n) is 7.87. The van der Waals surface area contributed by atoms with Gasteiger partial charge >= 0.3 is 0 Å². The molecule has 0 saturated carbocycles. The largest absolute Gasteiger partial charge is 0.342 e. The van der Waals surface area contributed by atoms with Crippen molar-refractivity contribution in [2.24, 2.45) is 0 Å². The molecule has 2 fully saturated rings. The summed E-state index contributed by atoms with van der Waals surface area (Å²) in [6, 6.07) is 8.68. The number of carbonyl (C=O) groups is 1. The third-order valence-electron chi connectivity index (χ3n) is 4.45. The maximum absolute atomic E-state index is 12.4. The van der Waals surface area contributed by atoms with Gasteiger partial charge < -0.3 is 4.90 Å². The van der Waals surface area contributed by atoms with Crippen LogP contribution in [0.2, 0.25) is 0 Å². The van der Waals surface area contributed by atoms with Crippen LogP contribution in [0.1, 0.15) is 49.3 Å². The molecule has 2 saturated heterocycles. The number of amides is 1. The van der Waals surface area contributed by atoms with E-state index in [1.165, 1.54) is 24.0 Å². The van der Waals surface area contributed by atoms with E-state index in [9.17, 15) is 4.79 Å². The number of likely N-dealkylation sites (tertiary alicyclic amines) is 1. The number of hydrogen-bond acceptors (Lipinski definition) is 1. The van der Waals surface area contributed by atoms with E-state index in [0.717, 1.165) is 38.9 Å². The Morgan fingerprint density at radius 2 is 1.95 bits per heavy atom. The van der Waals surface area contributed by atoms with Gasteiger partial charge in [0.15, 0.2) is 0 Å². The molecule has 1 amide bonds. The van der Waals surface area contributed by atoms with Crippen molar-refractivity contribution in [2.75, 3.05) is 19.6 Å². The molecule has 0 spiro atoms. The van der Waals surface area contributed by atoms with Gasteiger partial charge in [0.2, 0.25) is 5.91 Å². The Balaban J connectivity index is 1.71. The average Bonchev–Trinajstić information content (AvgIpc) is 3.03. The fourth-order valence-corrected chi connectivity index (χ4v) is 3.32. The van der Waals surface area contributed by atoms with Crippen molar-refractivity contribution >= 4 is 5.91 Å². The predicted octanol–water partition coefficient (Wildman–Crippen LogP) is 2.68. The first-order valence-corrected chi connectivity index (χ1v) is 7.87. The summed E-state index contributed by atoms with van der Waals surface area (Å²) in [4.78, 5) is 14.5. The lowest BCUT2D eigenvalue weighted by atomic mass is 9.96. The number of piperidine rings is 1. The Hall–Kier alpha value is -1.35. The highest BCUT2D eigenvalue weighted by Crippen LogP contribution is 2.28. The molecule has 0 unspecified atom stereocenters. The molecule has 2 heterocycles. The maximum Gasteiger partial charge on any atom is 0.227 e. The van der Waals surface area contributed by atoms with Crippen molar-refractivity contribution in [3.63, 3.8) is 0 Å². The summed E-state index contributed by atoms with van der Waals surface area (Å²) in [7, 11) is 0. The van der Waals surface area contributed by atoms with Gasteiger partial charge in [0.1, 0.15) is 0 Å². The molecule has 1 aromatic rings. The third-order valence-corrected chi connectivity index (χ3v) is 4.45. The van der Waals surface area contributed by atoms with E-state index in [-0.39, 0.29) is 5.91 Å². The van der Waals surface area contributed by atoms with Gasteiger partial charge in [-0.25, -0.2) is 5.32 Å². The molecule has 0 aromatic heterocycles. The molecule has 2 aliphatic rings. The minimum atomic E-state index is 0.287. The van der Waals surface area contributed by atoms with E-state index < -0.39 is 0 Å². The SMILES string of the molecule is O=C(Cc1ccccc1[C@@H]1CCC[N]1)N1CCCCC1. The Morgan fingerprint density at radius 3 is 2.70 bits per heavy atom. The molecule has 3 rings (SSSR count). The van der Waals surface area contributed by atoms with Crippen LogP contribution in [0.3, 0.4) is 0 Å². The lowest BCUT2D eigenvalue weighted by molar-refractivity contribution is -0.131. The highest BCUT2D eigenvalue weighted by Gasteiger charge is 2.23. The molecule has 0 bridgehead atoms. The zero-order valence-corrected chi connectivity index (χ0v) is 12.1. The highest BCUT2D eigenvalue weighted by molar-refractivity contribution is 5.79. The van der Waals surface area contributed by atoms with Crippen LogP contribution in [0.25, 0.3) is 0 Å². The Morgan fingerprint density at radius 1 is 1.15 bits per heavy atom. The van der Waals surface area contributed by atoms with Crippen LogP contribution in [0.5, 0.6) is 0 Å². The monoisotopic (exact) mass is 271 g/mol. The van der Waals surface area contributed by atoms with Gasteiger partial charge in [-0.2, -0.15) is 0 Å². The van der Waals surface area contributed by atoms with Crippen molar-refractivity contribution in [3.8, 4) is 0 Å². The molecule has 1 atom stereocenters. The standard InChI is InChI=1S/C17H23N2O/c20-17(19-11-4-1-5-12-19)13-14-7-2-3-8-15(14)16-9-6-10-18-16/h2-3,7-8,16H,1,4-6,9-13H2/t16-/m0/s1. The third kappa shape index (κ3) is 3.04. The Labute approximate surface area is 121 Å². The molecule has 1 aromatic carbocycles. The molecule has 107 valence electrons. The van der Waals surface area contributed by atoms with Gasteiger partial charge in [0.25, 0.3) is 0 Å². The van der Waals surface area contributed by atoms with E-state index in [1.807, 2.05) is 11.0 Å². The molecule has 0 N–H and O–H groups in total. The van der Waals surface area contributed by atoms with Crippen LogP contribution in [-0.2, 0) is 11.2 Å². The molecule has 20 heavy (non-hydrogen) atoms. The van der Waals surface area contributed by atoms with Crippen LogP contribution in [0.15, 0.2) is 24.3 Å². The van der Waals surface area contributed by atoms with Gasteiger partial charge in [0.05, 0.1) is 6.42 Å². The summed E-state index contributed by atoms with van der Waals surface area (Å²) in [5.41, 5.74) is 2.45. The topological polar surface area (TPSA) is 34.4 Å². The van der Waals surface area contributed by atoms with E-state index in [0.29, 0.717) is 12.5 Å². The smallest absolute Gasteiger partial charge is 0.227 e. The molecule has 2 aliphatic heterocycles. The van der Waals surface area contributed by atoms with E-state index in [2.05, 4.69) is 23.5 Å². The minimum Gasteiger partial charge on any atom is -0.342 e. The first-order chi connectivity index (χ1) is 9.84. The summed E-state index contributed by atoms with van der Waals surface area (Å²) in [6.07, 6.45) is 6.44. The molecule has 1 radical (unpaired) electrons. The number of benzene rings is 1. The van der Waals surface area contributed by atoms with Gasteiger partial charge in [-0.3, -0.25) is 4.79 Å². The Bertz CT molecular complexity index is 460. The van der Waals surface area contributed by atoms with Crippen molar-refractivity contribution in [1.29, 1.82) is 0 Å². The molecular formula is C17H23N2O. The van der Waals surface area contributed by atoms with Crippen molar-refractivity contribution in [3.05, 3.63) is 35.4 Å². The number of rotatable bonds is 3. The van der Waals surface area contributed by atoms with Gasteiger partial charge in [-0.05, 0) is 43.2 Å². The lowest BCUT2D eigenvalue weighted by Crippen LogP contribution is -2.36. The molecule has 0 aliphatic carbocycles. The lowest BCUT2D eigenvalue weighted by Gasteiger charge is -2.27. The van der Waals surface area contributed by atoms with Crippen LogP contribution < -0.4 is 5.32 Å². The van der Waals surface area contributed by atoms with Crippen LogP contribution in [0.4, 0.5) is 0 Å². The second-order valence-corrected chi connectivity index (χ2v) is 5.88. The van der Waals surface area contributed by atoms with Gasteiger partial charge in [0, 0.05) is 25.7 Å². The summed E-state index contributed by atoms with van der Waals surface area (Å²) in [5, 5.41) is 4.66. The molecule has 3 heteroatoms. The van der Waals surface area contributed by atoms with E-state index in [1.54, 1.807) is 0 Å². The minimum absolute atomic E-state index is 0.287.